The smallest absolute Gasteiger partial charge is 0.257 e. The number of anilines is 1. The standard InChI is InChI=1S/C19H18BrN3O4S/c1-25-14-3-2-13(12-9-26-6-7-27-10-12)17-16(14)22-19(28-17)23-18(24)11-4-5-21-15(20)8-11/h2-5,8,12H,6-7,9-10H2,1H3,(H,22,23,24). The lowest BCUT2D eigenvalue weighted by Gasteiger charge is -2.15. The van der Waals surface area contributed by atoms with Crippen LogP contribution in [0.15, 0.2) is 35.1 Å². The third-order valence-electron chi connectivity index (χ3n) is 4.42. The number of halogens is 1. The predicted octanol–water partition coefficient (Wildman–Crippen LogP) is 3.85. The van der Waals surface area contributed by atoms with E-state index in [-0.39, 0.29) is 11.8 Å². The fourth-order valence-corrected chi connectivity index (χ4v) is 4.49. The number of hydrogen-bond donors (Lipinski definition) is 1. The van der Waals surface area contributed by atoms with E-state index in [1.807, 2.05) is 12.1 Å². The molecule has 0 radical (unpaired) electrons. The maximum atomic E-state index is 12.6. The van der Waals surface area contributed by atoms with E-state index < -0.39 is 0 Å². The molecule has 0 unspecified atom stereocenters. The minimum Gasteiger partial charge on any atom is -0.494 e. The Morgan fingerprint density at radius 3 is 2.79 bits per heavy atom. The number of rotatable bonds is 4. The average molecular weight is 464 g/mol. The molecule has 4 rings (SSSR count). The molecule has 2 aromatic heterocycles. The number of nitrogens with zero attached hydrogens (tertiary/aromatic N) is 2. The van der Waals surface area contributed by atoms with Gasteiger partial charge in [-0.2, -0.15) is 0 Å². The topological polar surface area (TPSA) is 82.6 Å². The maximum Gasteiger partial charge on any atom is 0.257 e. The van der Waals surface area contributed by atoms with Crippen molar-refractivity contribution in [2.75, 3.05) is 38.9 Å². The van der Waals surface area contributed by atoms with Crippen LogP contribution in [-0.4, -0.2) is 49.4 Å². The number of thiazole rings is 1. The summed E-state index contributed by atoms with van der Waals surface area (Å²) < 4.78 is 18.3. The average Bonchev–Trinajstić information content (AvgIpc) is 2.93. The predicted molar refractivity (Wildman–Crippen MR) is 110 cm³/mol. The summed E-state index contributed by atoms with van der Waals surface area (Å²) in [7, 11) is 1.61. The highest BCUT2D eigenvalue weighted by molar-refractivity contribution is 9.10. The summed E-state index contributed by atoms with van der Waals surface area (Å²) in [5.41, 5.74) is 2.31. The van der Waals surface area contributed by atoms with Gasteiger partial charge in [-0.05, 0) is 39.7 Å². The number of aromatic nitrogens is 2. The van der Waals surface area contributed by atoms with E-state index in [0.717, 1.165) is 15.8 Å². The summed E-state index contributed by atoms with van der Waals surface area (Å²) in [5, 5.41) is 3.38. The zero-order valence-corrected chi connectivity index (χ0v) is 17.5. The van der Waals surface area contributed by atoms with Crippen molar-refractivity contribution in [1.29, 1.82) is 0 Å². The molecule has 1 aliphatic rings. The van der Waals surface area contributed by atoms with Gasteiger partial charge in [0.1, 0.15) is 15.9 Å². The fourth-order valence-electron chi connectivity index (χ4n) is 3.05. The van der Waals surface area contributed by atoms with E-state index in [9.17, 15) is 4.79 Å². The van der Waals surface area contributed by atoms with Crippen LogP contribution >= 0.6 is 27.3 Å². The first-order valence-electron chi connectivity index (χ1n) is 8.71. The lowest BCUT2D eigenvalue weighted by Crippen LogP contribution is -2.11. The zero-order chi connectivity index (χ0) is 19.5. The number of benzene rings is 1. The number of ether oxygens (including phenoxy) is 3. The molecule has 0 spiro atoms. The van der Waals surface area contributed by atoms with Gasteiger partial charge in [-0.3, -0.25) is 10.1 Å². The summed E-state index contributed by atoms with van der Waals surface area (Å²) >= 11 is 4.70. The van der Waals surface area contributed by atoms with Crippen molar-refractivity contribution in [3.05, 3.63) is 46.2 Å². The van der Waals surface area contributed by atoms with Gasteiger partial charge in [0.2, 0.25) is 0 Å². The highest BCUT2D eigenvalue weighted by Gasteiger charge is 2.22. The second kappa shape index (κ2) is 8.52. The fraction of sp³-hybridized carbons (Fsp3) is 0.316. The number of fused-ring (bicyclic) bond motifs is 1. The van der Waals surface area contributed by atoms with Crippen molar-refractivity contribution in [2.45, 2.75) is 5.92 Å². The molecule has 0 aliphatic carbocycles. The van der Waals surface area contributed by atoms with E-state index in [1.54, 1.807) is 25.4 Å². The van der Waals surface area contributed by atoms with Crippen molar-refractivity contribution in [2.24, 2.45) is 0 Å². The van der Waals surface area contributed by atoms with Crippen LogP contribution in [0.2, 0.25) is 0 Å². The van der Waals surface area contributed by atoms with Gasteiger partial charge in [-0.1, -0.05) is 17.4 Å². The van der Waals surface area contributed by atoms with Crippen molar-refractivity contribution in [3.8, 4) is 5.75 Å². The monoisotopic (exact) mass is 463 g/mol. The van der Waals surface area contributed by atoms with Gasteiger partial charge in [0.05, 0.1) is 38.2 Å². The molecular formula is C19H18BrN3O4S. The van der Waals surface area contributed by atoms with Gasteiger partial charge in [0.15, 0.2) is 5.13 Å². The molecule has 9 heteroatoms. The molecule has 1 amide bonds. The minimum atomic E-state index is -0.246. The number of pyridine rings is 1. The van der Waals surface area contributed by atoms with Crippen LogP contribution < -0.4 is 10.1 Å². The zero-order valence-electron chi connectivity index (χ0n) is 15.1. The van der Waals surface area contributed by atoms with Crippen LogP contribution in [-0.2, 0) is 9.47 Å². The third-order valence-corrected chi connectivity index (χ3v) is 5.87. The highest BCUT2D eigenvalue weighted by Crippen LogP contribution is 2.38. The molecule has 3 aromatic rings. The van der Waals surface area contributed by atoms with Gasteiger partial charge >= 0.3 is 0 Å². The molecule has 146 valence electrons. The van der Waals surface area contributed by atoms with Crippen LogP contribution in [0.1, 0.15) is 21.8 Å². The summed E-state index contributed by atoms with van der Waals surface area (Å²) in [6, 6.07) is 7.23. The van der Waals surface area contributed by atoms with Crippen LogP contribution in [0.5, 0.6) is 5.75 Å². The van der Waals surface area contributed by atoms with E-state index >= 15 is 0 Å². The van der Waals surface area contributed by atoms with E-state index in [2.05, 4.69) is 31.2 Å². The lowest BCUT2D eigenvalue weighted by atomic mass is 10.0. The Balaban J connectivity index is 1.68. The van der Waals surface area contributed by atoms with Gasteiger partial charge < -0.3 is 14.2 Å². The molecular weight excluding hydrogens is 446 g/mol. The summed E-state index contributed by atoms with van der Waals surface area (Å²) in [4.78, 5) is 21.2. The molecule has 1 fully saturated rings. The number of methoxy groups -OCH3 is 1. The molecule has 1 aromatic carbocycles. The van der Waals surface area contributed by atoms with Crippen molar-refractivity contribution >= 4 is 48.5 Å². The molecule has 0 atom stereocenters. The van der Waals surface area contributed by atoms with Gasteiger partial charge in [0, 0.05) is 17.7 Å². The maximum absolute atomic E-state index is 12.6. The van der Waals surface area contributed by atoms with Gasteiger partial charge in [0.25, 0.3) is 5.91 Å². The lowest BCUT2D eigenvalue weighted by molar-refractivity contribution is 0.102. The van der Waals surface area contributed by atoms with Crippen LogP contribution in [0.4, 0.5) is 5.13 Å². The Bertz CT molecular complexity index is 1000. The second-order valence-electron chi connectivity index (χ2n) is 6.22. The van der Waals surface area contributed by atoms with Crippen LogP contribution in [0.25, 0.3) is 10.2 Å². The second-order valence-corrected chi connectivity index (χ2v) is 8.03. The first-order valence-corrected chi connectivity index (χ1v) is 10.3. The Morgan fingerprint density at radius 2 is 2.07 bits per heavy atom. The third kappa shape index (κ3) is 4.02. The number of carbonyl (C=O) groups is 1. The summed E-state index contributed by atoms with van der Waals surface area (Å²) in [6.45, 7) is 2.38. The molecule has 1 N–H and O–H groups in total. The summed E-state index contributed by atoms with van der Waals surface area (Å²) in [6.07, 6.45) is 1.57. The molecule has 0 bridgehead atoms. The Labute approximate surface area is 174 Å². The molecule has 1 aliphatic heterocycles. The molecule has 3 heterocycles. The Hall–Kier alpha value is -2.07. The van der Waals surface area contributed by atoms with Crippen molar-refractivity contribution in [3.63, 3.8) is 0 Å². The first kappa shape index (κ1) is 19.3. The van der Waals surface area contributed by atoms with Gasteiger partial charge in [-0.15, -0.1) is 0 Å². The molecule has 7 nitrogen and oxygen atoms in total. The Morgan fingerprint density at radius 1 is 1.29 bits per heavy atom. The first-order chi connectivity index (χ1) is 13.7. The number of carbonyl (C=O) groups excluding carboxylic acids is 1. The van der Waals surface area contributed by atoms with Crippen LogP contribution in [0.3, 0.4) is 0 Å². The quantitative estimate of drug-likeness (QED) is 0.591. The number of nitrogens with one attached hydrogen (secondary N) is 1. The van der Waals surface area contributed by atoms with E-state index in [1.165, 1.54) is 11.3 Å². The summed E-state index contributed by atoms with van der Waals surface area (Å²) in [5.74, 6) is 0.525. The van der Waals surface area contributed by atoms with E-state index in [0.29, 0.717) is 47.5 Å². The Kier molecular flexibility index (Phi) is 5.86. The molecule has 1 saturated heterocycles. The van der Waals surface area contributed by atoms with Crippen molar-refractivity contribution < 1.29 is 19.0 Å². The largest absolute Gasteiger partial charge is 0.494 e. The number of hydrogen-bond acceptors (Lipinski definition) is 7. The normalized spacial score (nSPS) is 15.4. The highest BCUT2D eigenvalue weighted by atomic mass is 79.9. The van der Waals surface area contributed by atoms with Crippen molar-refractivity contribution in [1.82, 2.24) is 9.97 Å². The SMILES string of the molecule is COc1ccc(C2COCCOC2)c2sc(NC(=O)c3ccnc(Br)c3)nc12. The number of amides is 1. The van der Waals surface area contributed by atoms with Gasteiger partial charge in [-0.25, -0.2) is 9.97 Å². The molecule has 28 heavy (non-hydrogen) atoms. The van der Waals surface area contributed by atoms with Crippen LogP contribution in [0, 0.1) is 0 Å². The van der Waals surface area contributed by atoms with E-state index in [4.69, 9.17) is 14.2 Å². The molecule has 0 saturated carbocycles. The minimum absolute atomic E-state index is 0.107.